The van der Waals surface area contributed by atoms with Crippen molar-refractivity contribution in [3.8, 4) is 0 Å². The van der Waals surface area contributed by atoms with Gasteiger partial charge in [-0.25, -0.2) is 9.59 Å². The topological polar surface area (TPSA) is 55.8 Å². The van der Waals surface area contributed by atoms with Gasteiger partial charge in [0.05, 0.1) is 0 Å². The van der Waals surface area contributed by atoms with Gasteiger partial charge < -0.3 is 14.4 Å². The fourth-order valence-corrected chi connectivity index (χ4v) is 2.83. The molecule has 2 aromatic carbocycles. The molecule has 0 spiro atoms. The monoisotopic (exact) mass is 365 g/mol. The molecule has 0 saturated carbocycles. The summed E-state index contributed by atoms with van der Waals surface area (Å²) in [4.78, 5) is 26.6. The highest BCUT2D eigenvalue weighted by Gasteiger charge is 2.27. The molecule has 1 heterocycles. The molecule has 0 unspecified atom stereocenters. The van der Waals surface area contributed by atoms with Crippen LogP contribution in [0.5, 0.6) is 0 Å². The lowest BCUT2D eigenvalue weighted by molar-refractivity contribution is -0.155. The fraction of sp³-hybridized carbons (Fsp3) is 0.273. The second kappa shape index (κ2) is 9.57. The Hall–Kier alpha value is -3.08. The van der Waals surface area contributed by atoms with E-state index < -0.39 is 18.2 Å². The number of amides is 1. The Balaban J connectivity index is 1.65. The highest BCUT2D eigenvalue weighted by Crippen LogP contribution is 2.13. The van der Waals surface area contributed by atoms with Gasteiger partial charge in [0.25, 0.3) is 0 Å². The standard InChI is InChI=1S/C22H23NO4/c24-21(26-17-19-12-6-2-7-13-19)20(16-18-10-4-1-5-11-18)27-22(25)23-14-8-3-9-15-23/h1-8,10-13,20H,9,14-17H2/t20-/m0/s1. The molecule has 140 valence electrons. The smallest absolute Gasteiger partial charge is 0.410 e. The summed E-state index contributed by atoms with van der Waals surface area (Å²) in [6.07, 6.45) is 3.55. The second-order valence-electron chi connectivity index (χ2n) is 6.36. The summed E-state index contributed by atoms with van der Waals surface area (Å²) in [5, 5.41) is 0. The lowest BCUT2D eigenvalue weighted by Crippen LogP contribution is -2.40. The molecule has 5 heteroatoms. The summed E-state index contributed by atoms with van der Waals surface area (Å²) in [5.74, 6) is -0.538. The van der Waals surface area contributed by atoms with Crippen LogP contribution in [0.4, 0.5) is 4.79 Å². The molecule has 1 aliphatic heterocycles. The van der Waals surface area contributed by atoms with Crippen LogP contribution in [0.15, 0.2) is 72.8 Å². The summed E-state index contributed by atoms with van der Waals surface area (Å²) < 4.78 is 10.9. The van der Waals surface area contributed by atoms with Crippen molar-refractivity contribution < 1.29 is 19.1 Å². The maximum atomic E-state index is 12.6. The van der Waals surface area contributed by atoms with Gasteiger partial charge in [0, 0.05) is 19.5 Å². The number of carbonyl (C=O) groups is 2. The molecular formula is C22H23NO4. The molecule has 0 aromatic heterocycles. The minimum atomic E-state index is -0.977. The molecular weight excluding hydrogens is 342 g/mol. The van der Waals surface area contributed by atoms with E-state index >= 15 is 0 Å². The number of carbonyl (C=O) groups excluding carboxylic acids is 2. The number of esters is 1. The van der Waals surface area contributed by atoms with Gasteiger partial charge in [0.15, 0.2) is 0 Å². The predicted molar refractivity (Wildman–Crippen MR) is 102 cm³/mol. The quantitative estimate of drug-likeness (QED) is 0.578. The van der Waals surface area contributed by atoms with Crippen molar-refractivity contribution >= 4 is 12.1 Å². The van der Waals surface area contributed by atoms with Crippen molar-refractivity contribution in [3.63, 3.8) is 0 Å². The van der Waals surface area contributed by atoms with Crippen LogP contribution < -0.4 is 0 Å². The second-order valence-corrected chi connectivity index (χ2v) is 6.36. The van der Waals surface area contributed by atoms with Crippen LogP contribution in [0.1, 0.15) is 17.5 Å². The zero-order chi connectivity index (χ0) is 18.9. The van der Waals surface area contributed by atoms with Gasteiger partial charge in [-0.05, 0) is 17.5 Å². The molecule has 0 radical (unpaired) electrons. The molecule has 5 nitrogen and oxygen atoms in total. The Bertz CT molecular complexity index is 773. The Morgan fingerprint density at radius 3 is 2.22 bits per heavy atom. The number of rotatable bonds is 6. The molecule has 0 N–H and O–H groups in total. The van der Waals surface area contributed by atoms with Crippen LogP contribution in [-0.4, -0.2) is 36.2 Å². The van der Waals surface area contributed by atoms with Gasteiger partial charge in [-0.15, -0.1) is 0 Å². The van der Waals surface area contributed by atoms with Crippen LogP contribution >= 0.6 is 0 Å². The predicted octanol–water partition coefficient (Wildman–Crippen LogP) is 3.74. The average Bonchev–Trinajstić information content (AvgIpc) is 2.73. The summed E-state index contributed by atoms with van der Waals surface area (Å²) in [7, 11) is 0. The van der Waals surface area contributed by atoms with Crippen molar-refractivity contribution in [2.24, 2.45) is 0 Å². The van der Waals surface area contributed by atoms with Crippen molar-refractivity contribution in [2.75, 3.05) is 13.1 Å². The zero-order valence-electron chi connectivity index (χ0n) is 15.1. The van der Waals surface area contributed by atoms with Gasteiger partial charge in [-0.3, -0.25) is 0 Å². The highest BCUT2D eigenvalue weighted by molar-refractivity contribution is 5.79. The van der Waals surface area contributed by atoms with Crippen molar-refractivity contribution in [2.45, 2.75) is 25.6 Å². The normalized spacial score (nSPS) is 14.4. The van der Waals surface area contributed by atoms with Crippen LogP contribution in [0.25, 0.3) is 0 Å². The number of benzene rings is 2. The third-order valence-corrected chi connectivity index (χ3v) is 4.31. The van der Waals surface area contributed by atoms with E-state index in [4.69, 9.17) is 9.47 Å². The van der Waals surface area contributed by atoms with Crippen LogP contribution in [0.2, 0.25) is 0 Å². The zero-order valence-corrected chi connectivity index (χ0v) is 15.1. The molecule has 1 atom stereocenters. The fourth-order valence-electron chi connectivity index (χ4n) is 2.83. The maximum Gasteiger partial charge on any atom is 0.410 e. The summed E-state index contributed by atoms with van der Waals surface area (Å²) >= 11 is 0. The highest BCUT2D eigenvalue weighted by atomic mass is 16.6. The third-order valence-electron chi connectivity index (χ3n) is 4.31. The van der Waals surface area contributed by atoms with Crippen LogP contribution in [-0.2, 0) is 27.3 Å². The van der Waals surface area contributed by atoms with Gasteiger partial charge in [-0.2, -0.15) is 0 Å². The lowest BCUT2D eigenvalue weighted by Gasteiger charge is -2.25. The van der Waals surface area contributed by atoms with E-state index in [1.165, 1.54) is 0 Å². The minimum Gasteiger partial charge on any atom is -0.458 e. The first-order valence-corrected chi connectivity index (χ1v) is 9.07. The maximum absolute atomic E-state index is 12.6. The van der Waals surface area contributed by atoms with Crippen molar-refractivity contribution in [1.29, 1.82) is 0 Å². The molecule has 0 saturated heterocycles. The molecule has 3 rings (SSSR count). The molecule has 0 aliphatic carbocycles. The molecule has 1 aliphatic rings. The molecule has 1 amide bonds. The SMILES string of the molecule is O=C(OCc1ccccc1)[C@H](Cc1ccccc1)OC(=O)N1CC=CCC1. The van der Waals surface area contributed by atoms with Gasteiger partial charge in [-0.1, -0.05) is 72.8 Å². The van der Waals surface area contributed by atoms with E-state index in [1.807, 2.05) is 72.8 Å². The van der Waals surface area contributed by atoms with E-state index in [9.17, 15) is 9.59 Å². The van der Waals surface area contributed by atoms with E-state index in [-0.39, 0.29) is 13.0 Å². The summed E-state index contributed by atoms with van der Waals surface area (Å²) in [6.45, 7) is 1.23. The molecule has 2 aromatic rings. The molecule has 27 heavy (non-hydrogen) atoms. The number of nitrogens with zero attached hydrogens (tertiary/aromatic N) is 1. The lowest BCUT2D eigenvalue weighted by atomic mass is 10.1. The largest absolute Gasteiger partial charge is 0.458 e. The van der Waals surface area contributed by atoms with Gasteiger partial charge in [0.2, 0.25) is 6.10 Å². The Morgan fingerprint density at radius 2 is 1.59 bits per heavy atom. The van der Waals surface area contributed by atoms with Crippen LogP contribution in [0, 0.1) is 0 Å². The first-order chi connectivity index (χ1) is 13.2. The molecule has 0 fully saturated rings. The van der Waals surface area contributed by atoms with Crippen LogP contribution in [0.3, 0.4) is 0 Å². The number of hydrogen-bond donors (Lipinski definition) is 0. The van der Waals surface area contributed by atoms with Gasteiger partial charge in [0.1, 0.15) is 6.61 Å². The Morgan fingerprint density at radius 1 is 0.926 bits per heavy atom. The number of ether oxygens (including phenoxy) is 2. The van der Waals surface area contributed by atoms with E-state index in [0.29, 0.717) is 13.1 Å². The van der Waals surface area contributed by atoms with E-state index in [2.05, 4.69) is 0 Å². The van der Waals surface area contributed by atoms with Gasteiger partial charge >= 0.3 is 12.1 Å². The Kier molecular flexibility index (Phi) is 6.63. The van der Waals surface area contributed by atoms with E-state index in [1.54, 1.807) is 4.90 Å². The minimum absolute atomic E-state index is 0.148. The first kappa shape index (κ1) is 18.7. The molecule has 0 bridgehead atoms. The summed E-state index contributed by atoms with van der Waals surface area (Å²) in [5.41, 5.74) is 1.79. The summed E-state index contributed by atoms with van der Waals surface area (Å²) in [6, 6.07) is 18.9. The first-order valence-electron chi connectivity index (χ1n) is 9.07. The van der Waals surface area contributed by atoms with E-state index in [0.717, 1.165) is 17.5 Å². The average molecular weight is 365 g/mol. The third kappa shape index (κ3) is 5.71. The number of hydrogen-bond acceptors (Lipinski definition) is 4. The van der Waals surface area contributed by atoms with Crippen molar-refractivity contribution in [3.05, 3.63) is 83.9 Å². The van der Waals surface area contributed by atoms with Crippen molar-refractivity contribution in [1.82, 2.24) is 4.90 Å². The Labute approximate surface area is 159 Å².